The lowest BCUT2D eigenvalue weighted by atomic mass is 10.0. The average Bonchev–Trinajstić information content (AvgIpc) is 2.92. The minimum atomic E-state index is -0.0717. The molecule has 6 heteroatoms. The second-order valence-corrected chi connectivity index (χ2v) is 5.88. The maximum absolute atomic E-state index is 5.77. The van der Waals surface area contributed by atoms with Gasteiger partial charge in [-0.05, 0) is 37.8 Å². The van der Waals surface area contributed by atoms with Gasteiger partial charge in [-0.2, -0.15) is 0 Å². The lowest BCUT2D eigenvalue weighted by molar-refractivity contribution is 0.0243. The van der Waals surface area contributed by atoms with Gasteiger partial charge in [0.25, 0.3) is 0 Å². The molecule has 0 radical (unpaired) electrons. The van der Waals surface area contributed by atoms with Crippen molar-refractivity contribution in [3.63, 3.8) is 0 Å². The average molecular weight is 311 g/mol. The highest BCUT2D eigenvalue weighted by molar-refractivity contribution is 6.29. The number of hydrogen-bond donors (Lipinski definition) is 2. The molecule has 5 nitrogen and oxygen atoms in total. The molecule has 1 saturated heterocycles. The predicted octanol–water partition coefficient (Wildman–Crippen LogP) is 2.01. The molecule has 0 bridgehead atoms. The molecule has 2 rings (SSSR count). The van der Waals surface area contributed by atoms with E-state index in [1.807, 2.05) is 12.1 Å². The van der Waals surface area contributed by atoms with Crippen LogP contribution >= 0.6 is 11.6 Å². The number of pyridine rings is 1. The van der Waals surface area contributed by atoms with Gasteiger partial charge in [0, 0.05) is 32.9 Å². The van der Waals surface area contributed by atoms with Gasteiger partial charge in [0.15, 0.2) is 5.96 Å². The predicted molar refractivity (Wildman–Crippen MR) is 85.9 cm³/mol. The Morgan fingerprint density at radius 2 is 2.33 bits per heavy atom. The van der Waals surface area contributed by atoms with Crippen LogP contribution in [0, 0.1) is 0 Å². The highest BCUT2D eigenvalue weighted by Crippen LogP contribution is 2.23. The Morgan fingerprint density at radius 1 is 1.48 bits per heavy atom. The van der Waals surface area contributed by atoms with Crippen molar-refractivity contribution in [2.45, 2.75) is 31.8 Å². The Balaban J connectivity index is 1.71. The first-order valence-corrected chi connectivity index (χ1v) is 7.68. The number of ether oxygens (including phenoxy) is 1. The first-order valence-electron chi connectivity index (χ1n) is 7.30. The fourth-order valence-corrected chi connectivity index (χ4v) is 2.46. The van der Waals surface area contributed by atoms with Crippen LogP contribution in [0.2, 0.25) is 5.15 Å². The summed E-state index contributed by atoms with van der Waals surface area (Å²) in [4.78, 5) is 8.30. The zero-order valence-electron chi connectivity index (χ0n) is 12.7. The summed E-state index contributed by atoms with van der Waals surface area (Å²) in [5.74, 6) is 0.800. The summed E-state index contributed by atoms with van der Waals surface area (Å²) in [7, 11) is 1.77. The Morgan fingerprint density at radius 3 is 2.95 bits per heavy atom. The monoisotopic (exact) mass is 310 g/mol. The van der Waals surface area contributed by atoms with Gasteiger partial charge in [-0.15, -0.1) is 0 Å². The third-order valence-corrected chi connectivity index (χ3v) is 3.87. The summed E-state index contributed by atoms with van der Waals surface area (Å²) in [5, 5.41) is 7.14. The molecule has 1 fully saturated rings. The van der Waals surface area contributed by atoms with Crippen molar-refractivity contribution in [1.29, 1.82) is 0 Å². The van der Waals surface area contributed by atoms with Crippen LogP contribution in [0.5, 0.6) is 0 Å². The van der Waals surface area contributed by atoms with E-state index in [-0.39, 0.29) is 5.60 Å². The van der Waals surface area contributed by atoms with E-state index in [0.29, 0.717) is 5.15 Å². The van der Waals surface area contributed by atoms with Crippen molar-refractivity contribution in [3.05, 3.63) is 29.0 Å². The first kappa shape index (κ1) is 16.0. The number of aliphatic imine (C=N–C) groups is 1. The Hall–Kier alpha value is -1.33. The maximum atomic E-state index is 5.77. The molecule has 1 aliphatic rings. The van der Waals surface area contributed by atoms with Crippen LogP contribution in [-0.4, -0.2) is 43.3 Å². The molecule has 1 unspecified atom stereocenters. The van der Waals surface area contributed by atoms with Gasteiger partial charge in [-0.3, -0.25) is 4.99 Å². The van der Waals surface area contributed by atoms with Crippen LogP contribution in [-0.2, 0) is 11.2 Å². The van der Waals surface area contributed by atoms with Crippen LogP contribution in [0.1, 0.15) is 25.3 Å². The summed E-state index contributed by atoms with van der Waals surface area (Å²) in [6, 6.07) is 3.79. The van der Waals surface area contributed by atoms with Crippen molar-refractivity contribution < 1.29 is 4.74 Å². The Bertz CT molecular complexity index is 469. The third-order valence-electron chi connectivity index (χ3n) is 3.65. The van der Waals surface area contributed by atoms with Crippen LogP contribution in [0.3, 0.4) is 0 Å². The number of halogens is 1. The number of rotatable bonds is 5. The Labute approximate surface area is 131 Å². The molecule has 21 heavy (non-hydrogen) atoms. The maximum Gasteiger partial charge on any atom is 0.191 e. The van der Waals surface area contributed by atoms with E-state index in [0.717, 1.165) is 50.5 Å². The number of aromatic nitrogens is 1. The molecule has 0 aliphatic carbocycles. The summed E-state index contributed by atoms with van der Waals surface area (Å²) in [6.07, 6.45) is 4.90. The standard InChI is InChI=1S/C15H23ClN4O/c1-15(7-3-9-21-15)11-20-14(17-2)18-8-6-12-4-5-13(16)19-10-12/h4-5,10H,3,6-9,11H2,1-2H3,(H2,17,18,20). The molecule has 1 aliphatic heterocycles. The first-order chi connectivity index (χ1) is 10.1. The lowest BCUT2D eigenvalue weighted by Gasteiger charge is -2.24. The molecule has 2 N–H and O–H groups in total. The van der Waals surface area contributed by atoms with Crippen molar-refractivity contribution in [1.82, 2.24) is 15.6 Å². The van der Waals surface area contributed by atoms with Gasteiger partial charge >= 0.3 is 0 Å². The molecule has 0 spiro atoms. The van der Waals surface area contributed by atoms with Crippen molar-refractivity contribution in [2.75, 3.05) is 26.7 Å². The molecular weight excluding hydrogens is 288 g/mol. The normalized spacial score (nSPS) is 22.3. The number of guanidine groups is 1. The minimum Gasteiger partial charge on any atom is -0.373 e. The van der Waals surface area contributed by atoms with E-state index in [9.17, 15) is 0 Å². The van der Waals surface area contributed by atoms with Crippen LogP contribution in [0.25, 0.3) is 0 Å². The minimum absolute atomic E-state index is 0.0717. The van der Waals surface area contributed by atoms with Gasteiger partial charge in [0.1, 0.15) is 5.15 Å². The van der Waals surface area contributed by atoms with E-state index in [1.54, 1.807) is 13.2 Å². The van der Waals surface area contributed by atoms with Gasteiger partial charge < -0.3 is 15.4 Å². The van der Waals surface area contributed by atoms with Crippen molar-refractivity contribution in [2.24, 2.45) is 4.99 Å². The van der Waals surface area contributed by atoms with Gasteiger partial charge in [-0.25, -0.2) is 4.98 Å². The molecule has 0 aromatic carbocycles. The van der Waals surface area contributed by atoms with Crippen LogP contribution < -0.4 is 10.6 Å². The third kappa shape index (κ3) is 5.17. The molecule has 0 amide bonds. The number of nitrogens with zero attached hydrogens (tertiary/aromatic N) is 2. The largest absolute Gasteiger partial charge is 0.373 e. The SMILES string of the molecule is CN=C(NCCc1ccc(Cl)nc1)NCC1(C)CCCO1. The van der Waals surface area contributed by atoms with Gasteiger partial charge in [0.2, 0.25) is 0 Å². The van der Waals surface area contributed by atoms with Crippen molar-refractivity contribution in [3.8, 4) is 0 Å². The second-order valence-electron chi connectivity index (χ2n) is 5.49. The second kappa shape index (κ2) is 7.61. The van der Waals surface area contributed by atoms with Crippen LogP contribution in [0.4, 0.5) is 0 Å². The number of nitrogens with one attached hydrogen (secondary N) is 2. The molecular formula is C15H23ClN4O. The summed E-state index contributed by atoms with van der Waals surface area (Å²) >= 11 is 5.77. The molecule has 1 aromatic heterocycles. The van der Waals surface area contributed by atoms with E-state index in [4.69, 9.17) is 16.3 Å². The zero-order chi connectivity index (χ0) is 15.1. The lowest BCUT2D eigenvalue weighted by Crippen LogP contribution is -2.45. The quantitative estimate of drug-likeness (QED) is 0.496. The summed E-state index contributed by atoms with van der Waals surface area (Å²) < 4.78 is 5.75. The molecule has 0 saturated carbocycles. The van der Waals surface area contributed by atoms with E-state index in [2.05, 4.69) is 27.5 Å². The zero-order valence-corrected chi connectivity index (χ0v) is 13.4. The topological polar surface area (TPSA) is 58.5 Å². The summed E-state index contributed by atoms with van der Waals surface area (Å²) in [6.45, 7) is 4.56. The highest BCUT2D eigenvalue weighted by atomic mass is 35.5. The summed E-state index contributed by atoms with van der Waals surface area (Å²) in [5.41, 5.74) is 1.07. The van der Waals surface area contributed by atoms with Crippen LogP contribution in [0.15, 0.2) is 23.3 Å². The molecule has 2 heterocycles. The number of hydrogen-bond acceptors (Lipinski definition) is 3. The fourth-order valence-electron chi connectivity index (χ4n) is 2.35. The van der Waals surface area contributed by atoms with Gasteiger partial charge in [0.05, 0.1) is 5.60 Å². The van der Waals surface area contributed by atoms with E-state index < -0.39 is 0 Å². The van der Waals surface area contributed by atoms with Crippen molar-refractivity contribution >= 4 is 17.6 Å². The smallest absolute Gasteiger partial charge is 0.191 e. The molecule has 116 valence electrons. The highest BCUT2D eigenvalue weighted by Gasteiger charge is 2.29. The fraction of sp³-hybridized carbons (Fsp3) is 0.600. The van der Waals surface area contributed by atoms with E-state index >= 15 is 0 Å². The van der Waals surface area contributed by atoms with E-state index in [1.165, 1.54) is 0 Å². The molecule has 1 aromatic rings. The molecule has 1 atom stereocenters. The van der Waals surface area contributed by atoms with Gasteiger partial charge in [-0.1, -0.05) is 17.7 Å². The Kier molecular flexibility index (Phi) is 5.82.